The summed E-state index contributed by atoms with van der Waals surface area (Å²) in [5, 5.41) is 2.33. The Hall–Kier alpha value is -3.87. The molecule has 7 heteroatoms. The predicted molar refractivity (Wildman–Crippen MR) is 110 cm³/mol. The third kappa shape index (κ3) is 4.25. The molecule has 1 heterocycles. The number of para-hydroxylation sites is 2. The van der Waals surface area contributed by atoms with Crippen molar-refractivity contribution in [2.75, 3.05) is 5.32 Å². The average molecular weight is 405 g/mol. The maximum atomic E-state index is 13.7. The lowest BCUT2D eigenvalue weighted by Crippen LogP contribution is -2.30. The molecule has 0 aliphatic rings. The minimum Gasteiger partial charge on any atom is -0.481 e. The van der Waals surface area contributed by atoms with Crippen molar-refractivity contribution in [3.05, 3.63) is 84.6 Å². The normalized spacial score (nSPS) is 11.8. The molecule has 0 saturated heterocycles. The molecular weight excluding hydrogens is 388 g/mol. The van der Waals surface area contributed by atoms with E-state index in [2.05, 4.69) is 15.3 Å². The highest BCUT2D eigenvalue weighted by Crippen LogP contribution is 2.23. The lowest BCUT2D eigenvalue weighted by molar-refractivity contribution is -0.122. The second kappa shape index (κ2) is 8.24. The fourth-order valence-electron chi connectivity index (χ4n) is 2.89. The summed E-state index contributed by atoms with van der Waals surface area (Å²) >= 11 is 0. The highest BCUT2D eigenvalue weighted by atomic mass is 19.1. The van der Waals surface area contributed by atoms with E-state index < -0.39 is 23.6 Å². The highest BCUT2D eigenvalue weighted by molar-refractivity contribution is 5.94. The van der Waals surface area contributed by atoms with Crippen LogP contribution < -0.4 is 10.1 Å². The summed E-state index contributed by atoms with van der Waals surface area (Å²) < 4.78 is 32.6. The number of ether oxygens (including phenoxy) is 1. The van der Waals surface area contributed by atoms with Crippen LogP contribution in [0.1, 0.15) is 6.92 Å². The average Bonchev–Trinajstić information content (AvgIpc) is 2.76. The van der Waals surface area contributed by atoms with Gasteiger partial charge in [-0.3, -0.25) is 9.78 Å². The Labute approximate surface area is 171 Å². The summed E-state index contributed by atoms with van der Waals surface area (Å²) in [5.41, 5.74) is 2.94. The van der Waals surface area contributed by atoms with Crippen molar-refractivity contribution in [3.63, 3.8) is 0 Å². The number of benzene rings is 3. The Morgan fingerprint density at radius 1 is 1.00 bits per heavy atom. The van der Waals surface area contributed by atoms with Crippen LogP contribution >= 0.6 is 0 Å². The quantitative estimate of drug-likeness (QED) is 0.509. The lowest BCUT2D eigenvalue weighted by atomic mass is 10.1. The monoisotopic (exact) mass is 405 g/mol. The summed E-state index contributed by atoms with van der Waals surface area (Å²) in [6.07, 6.45) is 0.779. The van der Waals surface area contributed by atoms with E-state index >= 15 is 0 Å². The zero-order valence-electron chi connectivity index (χ0n) is 16.0. The van der Waals surface area contributed by atoms with Crippen molar-refractivity contribution in [2.45, 2.75) is 13.0 Å². The maximum absolute atomic E-state index is 13.7. The molecule has 0 saturated carbocycles. The molecule has 4 aromatic rings. The van der Waals surface area contributed by atoms with Crippen molar-refractivity contribution in [1.29, 1.82) is 0 Å². The second-order valence-corrected chi connectivity index (χ2v) is 6.64. The molecule has 4 rings (SSSR count). The number of hydrogen-bond acceptors (Lipinski definition) is 4. The van der Waals surface area contributed by atoms with Crippen LogP contribution in [-0.4, -0.2) is 22.0 Å². The summed E-state index contributed by atoms with van der Waals surface area (Å²) in [5.74, 6) is -1.51. The lowest BCUT2D eigenvalue weighted by Gasteiger charge is -2.15. The third-order valence-electron chi connectivity index (χ3n) is 4.47. The van der Waals surface area contributed by atoms with E-state index in [1.165, 1.54) is 6.92 Å². The summed E-state index contributed by atoms with van der Waals surface area (Å²) in [4.78, 5) is 21.2. The van der Waals surface area contributed by atoms with Crippen LogP contribution in [0.15, 0.2) is 72.9 Å². The Kier molecular flexibility index (Phi) is 5.34. The molecule has 3 aromatic carbocycles. The number of amides is 1. The van der Waals surface area contributed by atoms with Gasteiger partial charge in [0.05, 0.1) is 28.6 Å². The molecule has 0 aliphatic heterocycles. The van der Waals surface area contributed by atoms with Crippen molar-refractivity contribution < 1.29 is 18.3 Å². The first-order chi connectivity index (χ1) is 14.5. The van der Waals surface area contributed by atoms with E-state index in [9.17, 15) is 13.6 Å². The Morgan fingerprint density at radius 3 is 2.50 bits per heavy atom. The van der Waals surface area contributed by atoms with E-state index in [-0.39, 0.29) is 5.69 Å². The van der Waals surface area contributed by atoms with E-state index in [0.29, 0.717) is 11.4 Å². The molecule has 1 N–H and O–H groups in total. The molecule has 1 unspecified atom stereocenters. The SMILES string of the molecule is CC(Oc1ccc(-c2cnc3ccccc3n2)cc1)C(=O)Nc1cc(F)ccc1F. The summed E-state index contributed by atoms with van der Waals surface area (Å²) in [6, 6.07) is 17.5. The number of rotatable bonds is 5. The Bertz CT molecular complexity index is 1210. The molecule has 1 atom stereocenters. The van der Waals surface area contributed by atoms with Gasteiger partial charge < -0.3 is 10.1 Å². The molecule has 0 fully saturated rings. The van der Waals surface area contributed by atoms with Gasteiger partial charge in [0.15, 0.2) is 6.10 Å². The Balaban J connectivity index is 1.44. The smallest absolute Gasteiger partial charge is 0.265 e. The molecule has 1 amide bonds. The number of halogens is 2. The zero-order chi connectivity index (χ0) is 21.1. The van der Waals surface area contributed by atoms with Gasteiger partial charge in [-0.2, -0.15) is 0 Å². The fraction of sp³-hybridized carbons (Fsp3) is 0.0870. The first kappa shape index (κ1) is 19.4. The third-order valence-corrected chi connectivity index (χ3v) is 4.47. The van der Waals surface area contributed by atoms with E-state index in [1.54, 1.807) is 18.3 Å². The van der Waals surface area contributed by atoms with E-state index in [0.717, 1.165) is 34.8 Å². The molecule has 5 nitrogen and oxygen atoms in total. The second-order valence-electron chi connectivity index (χ2n) is 6.64. The molecule has 1 aromatic heterocycles. The Morgan fingerprint density at radius 2 is 1.73 bits per heavy atom. The van der Waals surface area contributed by atoms with Gasteiger partial charge in [0.2, 0.25) is 0 Å². The fourth-order valence-corrected chi connectivity index (χ4v) is 2.89. The van der Waals surface area contributed by atoms with Gasteiger partial charge in [0.25, 0.3) is 5.91 Å². The molecule has 150 valence electrons. The number of fused-ring (bicyclic) bond motifs is 1. The van der Waals surface area contributed by atoms with Crippen molar-refractivity contribution in [1.82, 2.24) is 9.97 Å². The molecule has 0 spiro atoms. The number of nitrogens with one attached hydrogen (secondary N) is 1. The summed E-state index contributed by atoms with van der Waals surface area (Å²) in [7, 11) is 0. The minimum atomic E-state index is -0.918. The van der Waals surface area contributed by atoms with Gasteiger partial charge in [0, 0.05) is 11.6 Å². The van der Waals surface area contributed by atoms with Gasteiger partial charge in [-0.1, -0.05) is 12.1 Å². The van der Waals surface area contributed by atoms with E-state index in [1.807, 2.05) is 36.4 Å². The highest BCUT2D eigenvalue weighted by Gasteiger charge is 2.17. The van der Waals surface area contributed by atoms with Crippen molar-refractivity contribution in [2.24, 2.45) is 0 Å². The minimum absolute atomic E-state index is 0.235. The van der Waals surface area contributed by atoms with Crippen LogP contribution in [0.25, 0.3) is 22.3 Å². The van der Waals surface area contributed by atoms with Crippen LogP contribution in [0.5, 0.6) is 5.75 Å². The molecule has 0 aliphatic carbocycles. The van der Waals surface area contributed by atoms with E-state index in [4.69, 9.17) is 4.74 Å². The molecule has 0 radical (unpaired) electrons. The van der Waals surface area contributed by atoms with Gasteiger partial charge in [-0.25, -0.2) is 13.8 Å². The van der Waals surface area contributed by atoms with Crippen LogP contribution in [0.2, 0.25) is 0 Å². The van der Waals surface area contributed by atoms with Crippen LogP contribution in [0.4, 0.5) is 14.5 Å². The maximum Gasteiger partial charge on any atom is 0.265 e. The first-order valence-corrected chi connectivity index (χ1v) is 9.24. The van der Waals surface area contributed by atoms with Crippen LogP contribution in [0.3, 0.4) is 0 Å². The number of nitrogens with zero attached hydrogens (tertiary/aromatic N) is 2. The largest absolute Gasteiger partial charge is 0.481 e. The van der Waals surface area contributed by atoms with Crippen LogP contribution in [0, 0.1) is 11.6 Å². The van der Waals surface area contributed by atoms with Crippen molar-refractivity contribution >= 4 is 22.6 Å². The van der Waals surface area contributed by atoms with Crippen molar-refractivity contribution in [3.8, 4) is 17.0 Å². The number of hydrogen-bond donors (Lipinski definition) is 1. The van der Waals surface area contributed by atoms with Crippen LogP contribution in [-0.2, 0) is 4.79 Å². The summed E-state index contributed by atoms with van der Waals surface area (Å²) in [6.45, 7) is 1.52. The van der Waals surface area contributed by atoms with Gasteiger partial charge >= 0.3 is 0 Å². The zero-order valence-corrected chi connectivity index (χ0v) is 16.0. The van der Waals surface area contributed by atoms with Gasteiger partial charge in [-0.15, -0.1) is 0 Å². The van der Waals surface area contributed by atoms with Gasteiger partial charge in [-0.05, 0) is 55.5 Å². The topological polar surface area (TPSA) is 64.1 Å². The number of carbonyl (C=O) groups excluding carboxylic acids is 1. The standard InChI is InChI=1S/C23H17F2N3O2/c1-14(23(29)28-21-12-16(24)8-11-18(21)25)30-17-9-6-15(7-10-17)22-13-26-19-4-2-3-5-20(19)27-22/h2-14H,1H3,(H,28,29). The number of carbonyl (C=O) groups is 1. The predicted octanol–water partition coefficient (Wildman–Crippen LogP) is 4.98. The first-order valence-electron chi connectivity index (χ1n) is 9.24. The molecular formula is C23H17F2N3O2. The number of aromatic nitrogens is 2. The molecule has 0 bridgehead atoms. The van der Waals surface area contributed by atoms with Gasteiger partial charge in [0.1, 0.15) is 17.4 Å². The number of anilines is 1. The molecule has 30 heavy (non-hydrogen) atoms.